The van der Waals surface area contributed by atoms with Crippen LogP contribution in [0.4, 0.5) is 0 Å². The molecule has 5 nitrogen and oxygen atoms in total. The molecule has 90 valence electrons. The molecule has 0 bridgehead atoms. The molecule has 1 aromatic carbocycles. The Morgan fingerprint density at radius 3 is 2.22 bits per heavy atom. The lowest BCUT2D eigenvalue weighted by molar-refractivity contribution is 0.389. The number of rotatable bonds is 10. The Bertz CT molecular complexity index is 304. The molecule has 12 radical (unpaired) electrons. The van der Waals surface area contributed by atoms with Crippen molar-refractivity contribution in [2.45, 2.75) is 6.55 Å². The van der Waals surface area contributed by atoms with Crippen molar-refractivity contribution in [2.75, 3.05) is 0 Å². The molecule has 0 atom stereocenters. The molecule has 0 aliphatic rings. The summed E-state index contributed by atoms with van der Waals surface area (Å²) in [5, 5.41) is 1.23. The van der Waals surface area contributed by atoms with E-state index in [0.29, 0.717) is 0 Å². The average molecular weight is 341 g/mol. The molecule has 0 N–H and O–H groups in total. The van der Waals surface area contributed by atoms with Crippen LogP contribution in [0, 0.1) is 0 Å². The number of hydrogen-bond donors (Lipinski definition) is 0. The minimum Gasteiger partial charge on any atom is -0.435 e. The van der Waals surface area contributed by atoms with Crippen molar-refractivity contribution >= 4 is 64.7 Å². The Labute approximate surface area is 122 Å². The van der Waals surface area contributed by atoms with Crippen LogP contribution in [0.1, 0.15) is 0 Å². The SMILES string of the molecule is C[Si](O[Si]O[Si]O[Si]O[Si]O[Si])c1ccccc1. The summed E-state index contributed by atoms with van der Waals surface area (Å²) in [7, 11) is 1.60. The summed E-state index contributed by atoms with van der Waals surface area (Å²) in [6.45, 7) is 2.08. The predicted octanol–water partition coefficient (Wildman–Crippen LogP) is -1.18. The zero-order chi connectivity index (χ0) is 13.1. The first-order valence-corrected chi connectivity index (χ1v) is 10.3. The number of benzene rings is 1. The van der Waals surface area contributed by atoms with E-state index >= 15 is 0 Å². The van der Waals surface area contributed by atoms with Gasteiger partial charge in [0.2, 0.25) is 19.5 Å². The summed E-state index contributed by atoms with van der Waals surface area (Å²) in [6.07, 6.45) is 0. The standard InChI is InChI=1S/C7H8O5Si6/c1-18(7-5-3-2-4-6-7)12-17-11-16-10-15-9-14-8-13/h2-6H,1H3. The molecule has 0 fully saturated rings. The average Bonchev–Trinajstić information content (AvgIpc) is 2.42. The molecule has 0 saturated heterocycles. The summed E-state index contributed by atoms with van der Waals surface area (Å²) in [5.74, 6) is 0. The van der Waals surface area contributed by atoms with Crippen LogP contribution in [-0.2, 0) is 20.6 Å². The predicted molar refractivity (Wildman–Crippen MR) is 71.9 cm³/mol. The molecular formula is C7H8O5Si6. The van der Waals surface area contributed by atoms with E-state index in [0.717, 1.165) is 0 Å². The zero-order valence-electron chi connectivity index (χ0n) is 9.43. The summed E-state index contributed by atoms with van der Waals surface area (Å²) < 4.78 is 25.4. The molecule has 18 heavy (non-hydrogen) atoms. The highest BCUT2D eigenvalue weighted by molar-refractivity contribution is 6.70. The molecule has 0 unspecified atom stereocenters. The Balaban J connectivity index is 1.98. The molecular weight excluding hydrogens is 333 g/mol. The first-order chi connectivity index (χ1) is 8.84. The van der Waals surface area contributed by atoms with Gasteiger partial charge < -0.3 is 20.6 Å². The van der Waals surface area contributed by atoms with Crippen LogP contribution in [0.3, 0.4) is 0 Å². The van der Waals surface area contributed by atoms with E-state index in [2.05, 4.69) is 33.3 Å². The highest BCUT2D eigenvalue weighted by atomic mass is 28.4. The van der Waals surface area contributed by atoms with Gasteiger partial charge in [-0.2, -0.15) is 0 Å². The summed E-state index contributed by atoms with van der Waals surface area (Å²) in [4.78, 5) is 0. The van der Waals surface area contributed by atoms with Gasteiger partial charge in [-0.05, 0) is 11.7 Å². The van der Waals surface area contributed by atoms with Crippen molar-refractivity contribution in [1.82, 2.24) is 0 Å². The third-order valence-corrected chi connectivity index (χ3v) is 6.70. The molecule has 0 heterocycles. The molecule has 0 spiro atoms. The smallest absolute Gasteiger partial charge is 0.412 e. The van der Waals surface area contributed by atoms with Gasteiger partial charge in [0.25, 0.3) is 0 Å². The maximum absolute atomic E-state index is 5.62. The van der Waals surface area contributed by atoms with Gasteiger partial charge in [0.1, 0.15) is 0 Å². The van der Waals surface area contributed by atoms with E-state index in [1.165, 1.54) is 5.19 Å². The van der Waals surface area contributed by atoms with Gasteiger partial charge in [-0.3, -0.25) is 0 Å². The van der Waals surface area contributed by atoms with E-state index in [1.54, 1.807) is 0 Å². The van der Waals surface area contributed by atoms with Gasteiger partial charge in [-0.1, -0.05) is 30.3 Å². The van der Waals surface area contributed by atoms with Crippen molar-refractivity contribution in [2.24, 2.45) is 0 Å². The van der Waals surface area contributed by atoms with E-state index in [4.69, 9.17) is 16.5 Å². The zero-order valence-corrected chi connectivity index (χ0v) is 15.4. The van der Waals surface area contributed by atoms with E-state index in [1.807, 2.05) is 18.2 Å². The maximum Gasteiger partial charge on any atom is 0.412 e. The quantitative estimate of drug-likeness (QED) is 0.396. The monoisotopic (exact) mass is 340 g/mol. The van der Waals surface area contributed by atoms with Crippen molar-refractivity contribution in [1.29, 1.82) is 0 Å². The molecule has 0 aliphatic heterocycles. The van der Waals surface area contributed by atoms with Crippen molar-refractivity contribution < 1.29 is 20.6 Å². The van der Waals surface area contributed by atoms with Crippen LogP contribution in [0.2, 0.25) is 6.55 Å². The van der Waals surface area contributed by atoms with Gasteiger partial charge in [0.05, 0.1) is 0 Å². The topological polar surface area (TPSA) is 46.2 Å². The van der Waals surface area contributed by atoms with E-state index < -0.39 is 9.04 Å². The van der Waals surface area contributed by atoms with Gasteiger partial charge in [0.15, 0.2) is 0 Å². The van der Waals surface area contributed by atoms with Crippen LogP contribution < -0.4 is 5.19 Å². The highest BCUT2D eigenvalue weighted by Gasteiger charge is 2.10. The van der Waals surface area contributed by atoms with Gasteiger partial charge in [-0.25, -0.2) is 0 Å². The Hall–Kier alpha value is 0.321. The second kappa shape index (κ2) is 11.2. The third-order valence-electron chi connectivity index (χ3n) is 1.67. The minimum atomic E-state index is -0.986. The number of hydrogen-bond acceptors (Lipinski definition) is 5. The Morgan fingerprint density at radius 1 is 0.944 bits per heavy atom. The fourth-order valence-corrected chi connectivity index (χ4v) is 5.14. The largest absolute Gasteiger partial charge is 0.435 e. The van der Waals surface area contributed by atoms with Crippen molar-refractivity contribution in [3.63, 3.8) is 0 Å². The molecule has 0 aromatic heterocycles. The van der Waals surface area contributed by atoms with Crippen LogP contribution in [0.15, 0.2) is 30.3 Å². The second-order valence-corrected chi connectivity index (χ2v) is 9.20. The van der Waals surface area contributed by atoms with E-state index in [9.17, 15) is 0 Å². The molecule has 1 aromatic rings. The molecule has 1 rings (SSSR count). The lowest BCUT2D eigenvalue weighted by Gasteiger charge is -2.09. The second-order valence-electron chi connectivity index (χ2n) is 2.77. The van der Waals surface area contributed by atoms with Gasteiger partial charge in [0, 0.05) is 0 Å². The van der Waals surface area contributed by atoms with Crippen LogP contribution in [0.5, 0.6) is 0 Å². The summed E-state index contributed by atoms with van der Waals surface area (Å²) in [6, 6.07) is 10.1. The Morgan fingerprint density at radius 2 is 1.56 bits per heavy atom. The van der Waals surface area contributed by atoms with Crippen LogP contribution >= 0.6 is 0 Å². The molecule has 0 aliphatic carbocycles. The fourth-order valence-electron chi connectivity index (χ4n) is 0.929. The first kappa shape index (κ1) is 16.4. The maximum atomic E-state index is 5.62. The lowest BCUT2D eigenvalue weighted by atomic mass is 10.4. The third kappa shape index (κ3) is 7.69. The molecule has 0 saturated carbocycles. The molecule has 0 amide bonds. The summed E-state index contributed by atoms with van der Waals surface area (Å²) in [5.41, 5.74) is 0. The Kier molecular flexibility index (Phi) is 10.2. The van der Waals surface area contributed by atoms with Crippen molar-refractivity contribution in [3.8, 4) is 0 Å². The van der Waals surface area contributed by atoms with Gasteiger partial charge in [-0.15, -0.1) is 0 Å². The summed E-state index contributed by atoms with van der Waals surface area (Å²) >= 11 is 0. The molecule has 11 heteroatoms. The highest BCUT2D eigenvalue weighted by Crippen LogP contribution is 1.89. The van der Waals surface area contributed by atoms with E-state index in [-0.39, 0.29) is 40.0 Å². The van der Waals surface area contributed by atoms with Crippen LogP contribution in [0.25, 0.3) is 0 Å². The lowest BCUT2D eigenvalue weighted by Crippen LogP contribution is -2.32. The van der Waals surface area contributed by atoms with Crippen molar-refractivity contribution in [3.05, 3.63) is 30.3 Å². The van der Waals surface area contributed by atoms with Gasteiger partial charge >= 0.3 is 40.0 Å². The van der Waals surface area contributed by atoms with Crippen LogP contribution in [-0.4, -0.2) is 59.6 Å². The fraction of sp³-hybridized carbons (Fsp3) is 0.143. The first-order valence-electron chi connectivity index (χ1n) is 4.70. The minimum absolute atomic E-state index is 0.00681. The normalized spacial score (nSPS) is 11.1.